The first kappa shape index (κ1) is 34.3. The first-order valence-corrected chi connectivity index (χ1v) is 11.5. The second kappa shape index (κ2) is 14.9. The summed E-state index contributed by atoms with van der Waals surface area (Å²) in [5, 5.41) is 9.02. The normalized spacial score (nSPS) is 13.9. The summed E-state index contributed by atoms with van der Waals surface area (Å²) in [7, 11) is 1.36. The topological polar surface area (TPSA) is 141 Å². The molecule has 2 fully saturated rings. The number of primary amides is 1. The predicted molar refractivity (Wildman–Crippen MR) is 137 cm³/mol. The van der Waals surface area contributed by atoms with E-state index >= 15 is 0 Å². The number of carboxylic acids is 1. The molecule has 0 atom stereocenters. The molecule has 0 spiro atoms. The molecule has 37 heavy (non-hydrogen) atoms. The molecule has 2 saturated carbocycles. The van der Waals surface area contributed by atoms with Gasteiger partial charge in [-0.15, -0.1) is 0 Å². The quantitative estimate of drug-likeness (QED) is 0.354. The van der Waals surface area contributed by atoms with E-state index < -0.39 is 11.9 Å². The third kappa shape index (κ3) is 7.65. The van der Waals surface area contributed by atoms with E-state index in [1.54, 1.807) is 19.1 Å². The van der Waals surface area contributed by atoms with E-state index in [1.165, 1.54) is 19.6 Å². The Morgan fingerprint density at radius 1 is 0.919 bits per heavy atom. The van der Waals surface area contributed by atoms with Crippen LogP contribution in [0.4, 0.5) is 5.69 Å². The van der Waals surface area contributed by atoms with Crippen molar-refractivity contribution in [2.75, 3.05) is 7.11 Å². The number of ether oxygens (including phenoxy) is 1. The molecule has 0 radical (unpaired) electrons. The summed E-state index contributed by atoms with van der Waals surface area (Å²) in [6.45, 7) is 10.9. The van der Waals surface area contributed by atoms with Crippen LogP contribution in [-0.2, 0) is 4.74 Å². The van der Waals surface area contributed by atoms with Gasteiger partial charge in [-0.25, -0.2) is 14.4 Å². The van der Waals surface area contributed by atoms with Crippen LogP contribution in [0.1, 0.15) is 111 Å². The number of aryl methyl sites for hydroxylation is 2. The second-order valence-electron chi connectivity index (χ2n) is 9.01. The van der Waals surface area contributed by atoms with E-state index in [2.05, 4.69) is 4.85 Å². The SMILES string of the molecule is C.Cc1cc(C2CCC2)c(C(N)=O)cc1C(=O)O.[C-]#[N+]c1cc(C(=O)OC)c(C)cc1C1CCC1.[Na+].[OH-]. The molecule has 0 aromatic heterocycles. The van der Waals surface area contributed by atoms with Crippen LogP contribution in [0.2, 0.25) is 0 Å². The number of methoxy groups -OCH3 is 1. The van der Waals surface area contributed by atoms with Crippen molar-refractivity contribution in [3.05, 3.63) is 74.6 Å². The van der Waals surface area contributed by atoms with Crippen LogP contribution in [0.25, 0.3) is 4.85 Å². The van der Waals surface area contributed by atoms with E-state index in [9.17, 15) is 14.4 Å². The molecule has 0 unspecified atom stereocenters. The maximum atomic E-state index is 11.5. The average molecular weight is 519 g/mol. The standard InChI is InChI=1S/C14H15NO2.C13H15NO3.CH4.Na.H2O/c1-9-7-12(10-5-4-6-10)13(15-2)8-11(9)14(16)17-3;1-7-5-10(8-3-2-4-8)11(12(14)15)6-9(7)13(16)17;;;/h7-8,10H,4-6H2,1,3H3;5-6,8H,2-4H2,1H3,(H2,14,15)(H,16,17);1H4;;1H2/q;;;+1;/p-1. The number of benzene rings is 2. The Hall–Kier alpha value is -2.70. The Kier molecular flexibility index (Phi) is 13.8. The molecule has 4 rings (SSSR count). The van der Waals surface area contributed by atoms with Crippen molar-refractivity contribution in [3.63, 3.8) is 0 Å². The summed E-state index contributed by atoms with van der Waals surface area (Å²) in [5.41, 5.74) is 10.5. The minimum Gasteiger partial charge on any atom is -0.870 e. The number of amides is 1. The van der Waals surface area contributed by atoms with Crippen molar-refractivity contribution in [2.45, 2.75) is 71.6 Å². The molecule has 2 aliphatic rings. The number of carboxylic acid groups (broad SMARTS) is 1. The number of carbonyl (C=O) groups excluding carboxylic acids is 2. The number of esters is 1. The van der Waals surface area contributed by atoms with Crippen LogP contribution in [0.5, 0.6) is 0 Å². The van der Waals surface area contributed by atoms with Crippen molar-refractivity contribution >= 4 is 23.5 Å². The van der Waals surface area contributed by atoms with Crippen LogP contribution >= 0.6 is 0 Å². The summed E-state index contributed by atoms with van der Waals surface area (Å²) < 4.78 is 4.72. The zero-order valence-corrected chi connectivity index (χ0v) is 23.3. The zero-order valence-electron chi connectivity index (χ0n) is 21.3. The monoisotopic (exact) mass is 518 g/mol. The smallest absolute Gasteiger partial charge is 0.870 e. The maximum Gasteiger partial charge on any atom is 1.00 e. The number of hydrogen-bond acceptors (Lipinski definition) is 5. The first-order valence-electron chi connectivity index (χ1n) is 11.5. The molecule has 2 aromatic rings. The van der Waals surface area contributed by atoms with Crippen LogP contribution in [0.3, 0.4) is 0 Å². The molecule has 0 heterocycles. The maximum absolute atomic E-state index is 11.5. The average Bonchev–Trinajstić information content (AvgIpc) is 2.71. The fourth-order valence-corrected chi connectivity index (χ4v) is 4.42. The van der Waals surface area contributed by atoms with Gasteiger partial charge >= 0.3 is 41.5 Å². The van der Waals surface area contributed by atoms with Crippen LogP contribution in [0, 0.1) is 20.4 Å². The van der Waals surface area contributed by atoms with Gasteiger partial charge in [0.05, 0.1) is 24.8 Å². The summed E-state index contributed by atoms with van der Waals surface area (Å²) in [5.74, 6) is -1.07. The predicted octanol–water partition coefficient (Wildman–Crippen LogP) is 3.12. The number of hydrogen-bond donors (Lipinski definition) is 2. The van der Waals surface area contributed by atoms with Gasteiger partial charge in [0.2, 0.25) is 5.91 Å². The van der Waals surface area contributed by atoms with Gasteiger partial charge in [0.25, 0.3) is 0 Å². The van der Waals surface area contributed by atoms with E-state index in [0.717, 1.165) is 48.8 Å². The van der Waals surface area contributed by atoms with E-state index in [4.69, 9.17) is 22.1 Å². The molecular formula is C28H35N2NaO6. The molecule has 4 N–H and O–H groups in total. The number of rotatable bonds is 5. The summed E-state index contributed by atoms with van der Waals surface area (Å²) in [4.78, 5) is 37.5. The van der Waals surface area contributed by atoms with Crippen molar-refractivity contribution in [1.29, 1.82) is 0 Å². The molecule has 8 nitrogen and oxygen atoms in total. The molecule has 9 heteroatoms. The molecule has 194 valence electrons. The third-order valence-electron chi connectivity index (χ3n) is 6.88. The minimum atomic E-state index is -1.02. The van der Waals surface area contributed by atoms with Gasteiger partial charge in [-0.3, -0.25) is 4.79 Å². The van der Waals surface area contributed by atoms with Crippen LogP contribution < -0.4 is 35.3 Å². The Bertz CT molecular complexity index is 1180. The number of nitrogens with two attached hydrogens (primary N) is 1. The van der Waals surface area contributed by atoms with Gasteiger partial charge in [-0.1, -0.05) is 32.4 Å². The van der Waals surface area contributed by atoms with Crippen molar-refractivity contribution < 1.29 is 59.3 Å². The van der Waals surface area contributed by atoms with Gasteiger partial charge < -0.3 is 21.1 Å². The summed E-state index contributed by atoms with van der Waals surface area (Å²) >= 11 is 0. The molecule has 0 bridgehead atoms. The molecular weight excluding hydrogens is 483 g/mol. The zero-order chi connectivity index (χ0) is 25.0. The number of nitrogens with zero attached hydrogens (tertiary/aromatic N) is 1. The first-order chi connectivity index (χ1) is 16.2. The summed E-state index contributed by atoms with van der Waals surface area (Å²) in [6.07, 6.45) is 6.79. The fraction of sp³-hybridized carbons (Fsp3) is 0.429. The summed E-state index contributed by atoms with van der Waals surface area (Å²) in [6, 6.07) is 6.85. The molecule has 2 aliphatic carbocycles. The van der Waals surface area contributed by atoms with Crippen LogP contribution in [0.15, 0.2) is 24.3 Å². The molecule has 1 amide bonds. The van der Waals surface area contributed by atoms with Crippen LogP contribution in [-0.4, -0.2) is 35.5 Å². The minimum absolute atomic E-state index is 0. The van der Waals surface area contributed by atoms with Gasteiger partial charge in [-0.2, -0.15) is 0 Å². The van der Waals surface area contributed by atoms with E-state index in [0.29, 0.717) is 34.2 Å². The van der Waals surface area contributed by atoms with Crippen molar-refractivity contribution in [3.8, 4) is 0 Å². The molecule has 0 aliphatic heterocycles. The third-order valence-corrected chi connectivity index (χ3v) is 6.88. The van der Waals surface area contributed by atoms with E-state index in [1.807, 2.05) is 13.0 Å². The van der Waals surface area contributed by atoms with Crippen molar-refractivity contribution in [2.24, 2.45) is 5.73 Å². The van der Waals surface area contributed by atoms with Gasteiger partial charge in [0, 0.05) is 5.56 Å². The van der Waals surface area contributed by atoms with Gasteiger partial charge in [0.15, 0.2) is 5.69 Å². The Balaban J connectivity index is 0.000000648. The Morgan fingerprint density at radius 2 is 1.41 bits per heavy atom. The second-order valence-corrected chi connectivity index (χ2v) is 9.01. The number of aromatic carboxylic acids is 1. The van der Waals surface area contributed by atoms with Gasteiger partial charge in [0.1, 0.15) is 0 Å². The Morgan fingerprint density at radius 3 is 1.81 bits per heavy atom. The number of carbonyl (C=O) groups is 3. The van der Waals surface area contributed by atoms with Gasteiger partial charge in [-0.05, 0) is 85.8 Å². The largest absolute Gasteiger partial charge is 1.00 e. The van der Waals surface area contributed by atoms with E-state index in [-0.39, 0.29) is 54.0 Å². The molecule has 2 aromatic carbocycles. The van der Waals surface area contributed by atoms with Crippen molar-refractivity contribution in [1.82, 2.24) is 0 Å². The molecule has 0 saturated heterocycles. The Labute approximate surface area is 241 Å². The fourth-order valence-electron chi connectivity index (χ4n) is 4.42.